The minimum Gasteiger partial charge on any atom is -0.370 e. The van der Waals surface area contributed by atoms with Crippen LogP contribution < -0.4 is 4.90 Å². The minimum atomic E-state index is -0.509. The lowest BCUT2D eigenvalue weighted by Gasteiger charge is -2.46. The van der Waals surface area contributed by atoms with Gasteiger partial charge in [-0.1, -0.05) is 6.07 Å². The Bertz CT molecular complexity index is 1320. The highest BCUT2D eigenvalue weighted by Gasteiger charge is 2.36. The summed E-state index contributed by atoms with van der Waals surface area (Å²) in [5, 5.41) is 17.3. The van der Waals surface area contributed by atoms with Gasteiger partial charge in [0.2, 0.25) is 11.9 Å². The lowest BCUT2D eigenvalue weighted by atomic mass is 9.96. The first kappa shape index (κ1) is 25.9. The lowest BCUT2D eigenvalue weighted by Crippen LogP contribution is -2.59. The first-order valence-electron chi connectivity index (χ1n) is 12.8. The molecule has 0 radical (unpaired) electrons. The van der Waals surface area contributed by atoms with Crippen molar-refractivity contribution in [1.82, 2.24) is 19.8 Å². The number of piperazine rings is 1. The molecule has 0 bridgehead atoms. The van der Waals surface area contributed by atoms with Gasteiger partial charge in [0.15, 0.2) is 0 Å². The van der Waals surface area contributed by atoms with Gasteiger partial charge >= 0.3 is 0 Å². The smallest absolute Gasteiger partial charge is 0.231 e. The maximum atomic E-state index is 14.0. The van der Waals surface area contributed by atoms with Crippen LogP contribution in [0.3, 0.4) is 0 Å². The maximum absolute atomic E-state index is 14.0. The fourth-order valence-corrected chi connectivity index (χ4v) is 5.24. The van der Waals surface area contributed by atoms with Gasteiger partial charge in [-0.2, -0.15) is 10.4 Å². The zero-order valence-electron chi connectivity index (χ0n) is 21.8. The number of hydrogen-bond acceptors (Lipinski definition) is 9. The van der Waals surface area contributed by atoms with E-state index >= 15 is 0 Å². The zero-order valence-corrected chi connectivity index (χ0v) is 21.8. The minimum absolute atomic E-state index is 0.0392. The van der Waals surface area contributed by atoms with E-state index in [9.17, 15) is 14.4 Å². The number of carbonyl (C=O) groups excluding carboxylic acids is 1. The largest absolute Gasteiger partial charge is 0.370 e. The van der Waals surface area contributed by atoms with Crippen molar-refractivity contribution in [3.63, 3.8) is 0 Å². The summed E-state index contributed by atoms with van der Waals surface area (Å²) in [5.41, 5.74) is 3.10. The molecule has 2 aromatic rings. The maximum Gasteiger partial charge on any atom is 0.231 e. The number of hydrogen-bond donors (Lipinski definition) is 0. The second-order valence-electron chi connectivity index (χ2n) is 10.0. The van der Waals surface area contributed by atoms with Crippen molar-refractivity contribution in [3.8, 4) is 6.07 Å². The van der Waals surface area contributed by atoms with E-state index in [1.807, 2.05) is 22.8 Å². The van der Waals surface area contributed by atoms with Crippen LogP contribution in [-0.4, -0.2) is 83.1 Å². The number of morpholine rings is 1. The van der Waals surface area contributed by atoms with Crippen LogP contribution >= 0.6 is 0 Å². The summed E-state index contributed by atoms with van der Waals surface area (Å²) in [4.78, 5) is 28.4. The number of ether oxygens (including phenoxy) is 1. The number of benzene rings is 1. The second-order valence-corrected chi connectivity index (χ2v) is 10.0. The van der Waals surface area contributed by atoms with E-state index in [-0.39, 0.29) is 36.1 Å². The number of aromatic nitrogens is 2. The molecular weight excluding hydrogens is 487 g/mol. The van der Waals surface area contributed by atoms with E-state index < -0.39 is 5.82 Å². The Labute approximate surface area is 221 Å². The fraction of sp³-hybridized carbons (Fsp3) is 0.481. The monoisotopic (exact) mass is 518 g/mol. The van der Waals surface area contributed by atoms with Crippen molar-refractivity contribution in [3.05, 3.63) is 52.1 Å². The molecule has 11 heteroatoms. The van der Waals surface area contributed by atoms with Crippen LogP contribution in [0.1, 0.15) is 47.4 Å². The summed E-state index contributed by atoms with van der Waals surface area (Å²) < 4.78 is 20.1. The standard InChI is InChI=1S/C27H31FN8O2/c1-17-6-7-31-32-16-36(17)27-30-12-20(19(3)33-27)10-26(37)35-9-8-34-14-25(38-15-21(34)13-35)22-4-5-24(28)23(11-29)18(22)2/h4-5,7,12,16-17,21,25H,6,8-10,13-15H2,1-3H3. The molecule has 3 unspecified atom stereocenters. The Morgan fingerprint density at radius 1 is 1.24 bits per heavy atom. The van der Waals surface area contributed by atoms with E-state index in [0.29, 0.717) is 37.8 Å². The SMILES string of the molecule is Cc1nc(N2C=NN=CCC2C)ncc1CC(=O)N1CCN2CC(c3ccc(F)c(C#N)c3C)OCC2C1. The van der Waals surface area contributed by atoms with Crippen LogP contribution in [-0.2, 0) is 16.0 Å². The van der Waals surface area contributed by atoms with Gasteiger partial charge in [-0.3, -0.25) is 14.6 Å². The Hall–Kier alpha value is -3.75. The number of anilines is 1. The van der Waals surface area contributed by atoms with Crippen molar-refractivity contribution >= 4 is 24.4 Å². The lowest BCUT2D eigenvalue weighted by molar-refractivity contribution is -0.139. The summed E-state index contributed by atoms with van der Waals surface area (Å²) in [6, 6.07) is 5.22. The quantitative estimate of drug-likeness (QED) is 0.612. The number of halogens is 1. The topological polar surface area (TPSA) is 110 Å². The van der Waals surface area contributed by atoms with Crippen molar-refractivity contribution in [2.75, 3.05) is 37.7 Å². The van der Waals surface area contributed by atoms with E-state index in [4.69, 9.17) is 4.74 Å². The molecule has 5 rings (SSSR count). The van der Waals surface area contributed by atoms with Crippen LogP contribution in [0.2, 0.25) is 0 Å². The summed E-state index contributed by atoms with van der Waals surface area (Å²) >= 11 is 0. The first-order chi connectivity index (χ1) is 18.4. The molecule has 1 amide bonds. The number of nitriles is 1. The first-order valence-corrected chi connectivity index (χ1v) is 12.8. The number of fused-ring (bicyclic) bond motifs is 1. The predicted molar refractivity (Wildman–Crippen MR) is 141 cm³/mol. The van der Waals surface area contributed by atoms with Gasteiger partial charge < -0.3 is 9.64 Å². The van der Waals surface area contributed by atoms with Crippen LogP contribution in [0.15, 0.2) is 28.5 Å². The Kier molecular flexibility index (Phi) is 7.44. The molecule has 1 aromatic carbocycles. The van der Waals surface area contributed by atoms with Crippen LogP contribution in [0.25, 0.3) is 0 Å². The highest BCUT2D eigenvalue weighted by molar-refractivity contribution is 5.80. The van der Waals surface area contributed by atoms with Crippen molar-refractivity contribution in [2.45, 2.75) is 51.8 Å². The molecular formula is C27H31FN8O2. The molecule has 2 fully saturated rings. The number of amides is 1. The van der Waals surface area contributed by atoms with Crippen LogP contribution in [0.5, 0.6) is 0 Å². The number of aryl methyl sites for hydroxylation is 1. The summed E-state index contributed by atoms with van der Waals surface area (Å²) in [6.45, 7) is 8.74. The van der Waals surface area contributed by atoms with Crippen molar-refractivity contribution in [1.29, 1.82) is 5.26 Å². The number of carbonyl (C=O) groups is 1. The number of rotatable bonds is 4. The van der Waals surface area contributed by atoms with Gasteiger partial charge in [0.25, 0.3) is 0 Å². The average Bonchev–Trinajstić information content (AvgIpc) is 3.13. The molecule has 38 heavy (non-hydrogen) atoms. The fourth-order valence-electron chi connectivity index (χ4n) is 5.24. The molecule has 4 heterocycles. The molecule has 3 aliphatic rings. The Morgan fingerprint density at radius 2 is 2.08 bits per heavy atom. The second kappa shape index (κ2) is 10.9. The summed E-state index contributed by atoms with van der Waals surface area (Å²) in [7, 11) is 0. The van der Waals surface area contributed by atoms with Gasteiger partial charge in [0.1, 0.15) is 18.2 Å². The molecule has 10 nitrogen and oxygen atoms in total. The third kappa shape index (κ3) is 5.14. The summed E-state index contributed by atoms with van der Waals surface area (Å²) in [5.74, 6) is 0.0726. The Morgan fingerprint density at radius 3 is 2.87 bits per heavy atom. The number of nitrogens with zero attached hydrogens (tertiary/aromatic N) is 8. The normalized spacial score (nSPS) is 23.6. The van der Waals surface area contributed by atoms with Crippen LogP contribution in [0.4, 0.5) is 10.3 Å². The van der Waals surface area contributed by atoms with Gasteiger partial charge in [0, 0.05) is 62.3 Å². The summed E-state index contributed by atoms with van der Waals surface area (Å²) in [6.07, 6.45) is 5.87. The third-order valence-electron chi connectivity index (χ3n) is 7.65. The molecule has 2 saturated heterocycles. The molecule has 3 atom stereocenters. The van der Waals surface area contributed by atoms with E-state index in [1.165, 1.54) is 6.07 Å². The van der Waals surface area contributed by atoms with E-state index in [0.717, 1.165) is 29.8 Å². The van der Waals surface area contributed by atoms with E-state index in [2.05, 4.69) is 32.0 Å². The molecule has 0 aliphatic carbocycles. The highest BCUT2D eigenvalue weighted by atomic mass is 19.1. The molecule has 3 aliphatic heterocycles. The molecule has 0 spiro atoms. The highest BCUT2D eigenvalue weighted by Crippen LogP contribution is 2.31. The Balaban J connectivity index is 1.20. The van der Waals surface area contributed by atoms with Gasteiger partial charge in [0.05, 0.1) is 30.7 Å². The van der Waals surface area contributed by atoms with Crippen molar-refractivity contribution in [2.24, 2.45) is 10.2 Å². The predicted octanol–water partition coefficient (Wildman–Crippen LogP) is 2.54. The molecule has 198 valence electrons. The third-order valence-corrected chi connectivity index (χ3v) is 7.65. The van der Waals surface area contributed by atoms with Gasteiger partial charge in [-0.25, -0.2) is 14.4 Å². The molecule has 1 aromatic heterocycles. The zero-order chi connectivity index (χ0) is 26.8. The average molecular weight is 519 g/mol. The van der Waals surface area contributed by atoms with Crippen LogP contribution in [0, 0.1) is 31.0 Å². The van der Waals surface area contributed by atoms with Gasteiger partial charge in [-0.15, -0.1) is 5.10 Å². The van der Waals surface area contributed by atoms with Gasteiger partial charge in [-0.05, 0) is 38.0 Å². The molecule has 0 N–H and O–H groups in total. The van der Waals surface area contributed by atoms with E-state index in [1.54, 1.807) is 31.7 Å². The molecule has 0 saturated carbocycles. The van der Waals surface area contributed by atoms with Crippen molar-refractivity contribution < 1.29 is 13.9 Å².